The molecule has 0 atom stereocenters. The Balaban J connectivity index is 1.82. The van der Waals surface area contributed by atoms with Crippen molar-refractivity contribution in [1.29, 1.82) is 0 Å². The zero-order valence-electron chi connectivity index (χ0n) is 11.7. The molecule has 1 aromatic carbocycles. The second-order valence-electron chi connectivity index (χ2n) is 4.40. The number of hydrogen-bond donors (Lipinski definition) is 2. The molecule has 0 bridgehead atoms. The summed E-state index contributed by atoms with van der Waals surface area (Å²) >= 11 is 0. The fraction of sp³-hybridized carbons (Fsp3) is 0.188. The molecule has 5 heteroatoms. The van der Waals surface area contributed by atoms with Gasteiger partial charge in [0.1, 0.15) is 12.4 Å². The molecular formula is C16H18N2O3. The molecule has 2 aromatic rings. The normalized spacial score (nSPS) is 10.1. The first-order chi connectivity index (χ1) is 10.3. The maximum absolute atomic E-state index is 11.5. The van der Waals surface area contributed by atoms with E-state index < -0.39 is 0 Å². The van der Waals surface area contributed by atoms with Gasteiger partial charge in [-0.2, -0.15) is 0 Å². The van der Waals surface area contributed by atoms with E-state index in [0.29, 0.717) is 19.8 Å². The van der Waals surface area contributed by atoms with Gasteiger partial charge in [0, 0.05) is 12.2 Å². The summed E-state index contributed by atoms with van der Waals surface area (Å²) in [5.74, 6) is 0.785. The SMILES string of the molecule is C=CCNC(=O)Nc1cccc(COCc2ccco2)c1. The zero-order valence-corrected chi connectivity index (χ0v) is 11.7. The van der Waals surface area contributed by atoms with Crippen LogP contribution < -0.4 is 10.6 Å². The van der Waals surface area contributed by atoms with E-state index in [1.54, 1.807) is 12.3 Å². The third-order valence-electron chi connectivity index (χ3n) is 2.68. The lowest BCUT2D eigenvalue weighted by Gasteiger charge is -2.08. The van der Waals surface area contributed by atoms with Crippen molar-refractivity contribution >= 4 is 11.7 Å². The van der Waals surface area contributed by atoms with E-state index in [-0.39, 0.29) is 6.03 Å². The third kappa shape index (κ3) is 5.16. The highest BCUT2D eigenvalue weighted by Gasteiger charge is 2.02. The summed E-state index contributed by atoms with van der Waals surface area (Å²) in [7, 11) is 0. The minimum atomic E-state index is -0.261. The number of nitrogens with one attached hydrogen (secondary N) is 2. The fourth-order valence-corrected chi connectivity index (χ4v) is 1.74. The predicted octanol–water partition coefficient (Wildman–Crippen LogP) is 3.30. The number of urea groups is 1. The molecule has 0 saturated heterocycles. The van der Waals surface area contributed by atoms with E-state index in [2.05, 4.69) is 17.2 Å². The molecule has 0 aliphatic carbocycles. The van der Waals surface area contributed by atoms with Crippen molar-refractivity contribution in [3.63, 3.8) is 0 Å². The molecule has 5 nitrogen and oxygen atoms in total. The molecule has 2 rings (SSSR count). The summed E-state index contributed by atoms with van der Waals surface area (Å²) in [6, 6.07) is 10.9. The van der Waals surface area contributed by atoms with Gasteiger partial charge in [0.15, 0.2) is 0 Å². The second-order valence-corrected chi connectivity index (χ2v) is 4.40. The van der Waals surface area contributed by atoms with Crippen molar-refractivity contribution in [3.8, 4) is 0 Å². The Bertz CT molecular complexity index is 579. The average Bonchev–Trinajstić information content (AvgIpc) is 2.99. The van der Waals surface area contributed by atoms with Gasteiger partial charge in [-0.05, 0) is 29.8 Å². The first kappa shape index (κ1) is 14.9. The lowest BCUT2D eigenvalue weighted by molar-refractivity contribution is 0.0930. The molecule has 0 unspecified atom stereocenters. The molecule has 2 N–H and O–H groups in total. The van der Waals surface area contributed by atoms with E-state index in [4.69, 9.17) is 9.15 Å². The van der Waals surface area contributed by atoms with Crippen LogP contribution in [0.1, 0.15) is 11.3 Å². The summed E-state index contributed by atoms with van der Waals surface area (Å²) in [5, 5.41) is 5.40. The molecule has 0 aliphatic rings. The van der Waals surface area contributed by atoms with Crippen molar-refractivity contribution in [2.75, 3.05) is 11.9 Å². The number of hydrogen-bond acceptors (Lipinski definition) is 3. The van der Waals surface area contributed by atoms with Crippen LogP contribution >= 0.6 is 0 Å². The Morgan fingerprint density at radius 2 is 2.19 bits per heavy atom. The minimum absolute atomic E-state index is 0.261. The zero-order chi connectivity index (χ0) is 14.9. The van der Waals surface area contributed by atoms with Gasteiger partial charge >= 0.3 is 6.03 Å². The van der Waals surface area contributed by atoms with Crippen molar-refractivity contribution in [1.82, 2.24) is 5.32 Å². The van der Waals surface area contributed by atoms with E-state index in [9.17, 15) is 4.79 Å². The van der Waals surface area contributed by atoms with Crippen LogP contribution in [-0.2, 0) is 18.0 Å². The highest BCUT2D eigenvalue weighted by atomic mass is 16.5. The second kappa shape index (κ2) is 7.91. The summed E-state index contributed by atoms with van der Waals surface area (Å²) in [5.41, 5.74) is 1.69. The lowest BCUT2D eigenvalue weighted by atomic mass is 10.2. The topological polar surface area (TPSA) is 63.5 Å². The Morgan fingerprint density at radius 1 is 1.29 bits per heavy atom. The summed E-state index contributed by atoms with van der Waals surface area (Å²) in [4.78, 5) is 11.5. The number of furan rings is 1. The van der Waals surface area contributed by atoms with Crippen molar-refractivity contribution in [2.45, 2.75) is 13.2 Å². The van der Waals surface area contributed by atoms with Gasteiger partial charge in [0.25, 0.3) is 0 Å². The first-order valence-electron chi connectivity index (χ1n) is 6.63. The Morgan fingerprint density at radius 3 is 2.95 bits per heavy atom. The Hall–Kier alpha value is -2.53. The maximum atomic E-state index is 11.5. The average molecular weight is 286 g/mol. The number of anilines is 1. The van der Waals surface area contributed by atoms with Crippen LogP contribution in [0.2, 0.25) is 0 Å². The summed E-state index contributed by atoms with van der Waals surface area (Å²) in [6.45, 7) is 4.84. The molecule has 110 valence electrons. The molecule has 2 amide bonds. The van der Waals surface area contributed by atoms with E-state index >= 15 is 0 Å². The van der Waals surface area contributed by atoms with Gasteiger partial charge < -0.3 is 19.8 Å². The van der Waals surface area contributed by atoms with Gasteiger partial charge in [-0.25, -0.2) is 4.79 Å². The van der Waals surface area contributed by atoms with Crippen LogP contribution in [0.4, 0.5) is 10.5 Å². The van der Waals surface area contributed by atoms with Crippen LogP contribution in [0, 0.1) is 0 Å². The van der Waals surface area contributed by atoms with Gasteiger partial charge in [-0.3, -0.25) is 0 Å². The number of ether oxygens (including phenoxy) is 1. The number of carbonyl (C=O) groups excluding carboxylic acids is 1. The first-order valence-corrected chi connectivity index (χ1v) is 6.63. The number of amides is 2. The van der Waals surface area contributed by atoms with Crippen LogP contribution in [0.25, 0.3) is 0 Å². The lowest BCUT2D eigenvalue weighted by Crippen LogP contribution is -2.28. The van der Waals surface area contributed by atoms with E-state index in [0.717, 1.165) is 17.0 Å². The molecule has 0 fully saturated rings. The van der Waals surface area contributed by atoms with E-state index in [1.807, 2.05) is 36.4 Å². The quantitative estimate of drug-likeness (QED) is 0.768. The largest absolute Gasteiger partial charge is 0.467 e. The Kier molecular flexibility index (Phi) is 5.60. The van der Waals surface area contributed by atoms with Crippen molar-refractivity contribution in [2.24, 2.45) is 0 Å². The van der Waals surface area contributed by atoms with Gasteiger partial charge in [-0.15, -0.1) is 6.58 Å². The molecule has 21 heavy (non-hydrogen) atoms. The predicted molar refractivity (Wildman–Crippen MR) is 80.9 cm³/mol. The van der Waals surface area contributed by atoms with Crippen molar-refractivity contribution in [3.05, 3.63) is 66.6 Å². The summed E-state index contributed by atoms with van der Waals surface area (Å²) < 4.78 is 10.7. The van der Waals surface area contributed by atoms with Crippen LogP contribution in [0.15, 0.2) is 59.7 Å². The monoisotopic (exact) mass is 286 g/mol. The van der Waals surface area contributed by atoms with Gasteiger partial charge in [-0.1, -0.05) is 18.2 Å². The maximum Gasteiger partial charge on any atom is 0.319 e. The molecule has 0 aliphatic heterocycles. The molecule has 1 aromatic heterocycles. The Labute approximate surface area is 123 Å². The fourth-order valence-electron chi connectivity index (χ4n) is 1.74. The van der Waals surface area contributed by atoms with Crippen LogP contribution in [0.3, 0.4) is 0 Å². The van der Waals surface area contributed by atoms with E-state index in [1.165, 1.54) is 0 Å². The van der Waals surface area contributed by atoms with Crippen LogP contribution in [-0.4, -0.2) is 12.6 Å². The molecular weight excluding hydrogens is 268 g/mol. The van der Waals surface area contributed by atoms with Crippen molar-refractivity contribution < 1.29 is 13.9 Å². The minimum Gasteiger partial charge on any atom is -0.467 e. The standard InChI is InChI=1S/C16H18N2O3/c1-2-8-17-16(19)18-14-6-3-5-13(10-14)11-20-12-15-7-4-9-21-15/h2-7,9-10H,1,8,11-12H2,(H2,17,18,19). The molecule has 0 spiro atoms. The number of carbonyl (C=O) groups is 1. The number of benzene rings is 1. The smallest absolute Gasteiger partial charge is 0.319 e. The third-order valence-corrected chi connectivity index (χ3v) is 2.68. The molecule has 0 radical (unpaired) electrons. The molecule has 0 saturated carbocycles. The summed E-state index contributed by atoms with van der Waals surface area (Å²) in [6.07, 6.45) is 3.24. The highest BCUT2D eigenvalue weighted by Crippen LogP contribution is 2.12. The number of rotatable bonds is 7. The van der Waals surface area contributed by atoms with Crippen LogP contribution in [0.5, 0.6) is 0 Å². The highest BCUT2D eigenvalue weighted by molar-refractivity contribution is 5.89. The van der Waals surface area contributed by atoms with Gasteiger partial charge in [0.2, 0.25) is 0 Å². The molecule has 1 heterocycles. The van der Waals surface area contributed by atoms with Gasteiger partial charge in [0.05, 0.1) is 12.9 Å².